The van der Waals surface area contributed by atoms with Gasteiger partial charge in [0.05, 0.1) is 11.8 Å². The molecule has 0 spiro atoms. The highest BCUT2D eigenvalue weighted by atomic mass is 16.6. The van der Waals surface area contributed by atoms with Gasteiger partial charge in [0.1, 0.15) is 0 Å². The Bertz CT molecular complexity index is 245. The third-order valence-electron chi connectivity index (χ3n) is 3.66. The number of carbonyl (C=O) groups excluding carboxylic acids is 2. The van der Waals surface area contributed by atoms with Crippen LogP contribution in [0.1, 0.15) is 19.3 Å². The molecule has 2 bridgehead atoms. The summed E-state index contributed by atoms with van der Waals surface area (Å²) in [7, 11) is 0. The predicted molar refractivity (Wildman–Crippen MR) is 38.9 cm³/mol. The highest BCUT2D eigenvalue weighted by molar-refractivity contribution is 5.97. The molecule has 1 aliphatic heterocycles. The van der Waals surface area contributed by atoms with E-state index in [1.54, 1.807) is 0 Å². The number of esters is 2. The maximum Gasteiger partial charge on any atom is 0.317 e. The molecule has 3 fully saturated rings. The maximum absolute atomic E-state index is 11.2. The topological polar surface area (TPSA) is 43.4 Å². The Morgan fingerprint density at radius 2 is 1.50 bits per heavy atom. The van der Waals surface area contributed by atoms with Gasteiger partial charge < -0.3 is 4.74 Å². The molecule has 3 aliphatic rings. The van der Waals surface area contributed by atoms with Gasteiger partial charge in [-0.15, -0.1) is 0 Å². The highest BCUT2D eigenvalue weighted by Gasteiger charge is 2.59. The van der Waals surface area contributed by atoms with E-state index in [-0.39, 0.29) is 23.8 Å². The van der Waals surface area contributed by atoms with Gasteiger partial charge in [0.15, 0.2) is 0 Å². The van der Waals surface area contributed by atoms with E-state index in [0.717, 1.165) is 19.3 Å². The Hall–Kier alpha value is -0.860. The molecule has 0 aromatic rings. The lowest BCUT2D eigenvalue weighted by Gasteiger charge is -2.17. The molecule has 0 aromatic carbocycles. The molecule has 64 valence electrons. The van der Waals surface area contributed by atoms with Crippen LogP contribution in [0, 0.1) is 23.7 Å². The average molecular weight is 166 g/mol. The van der Waals surface area contributed by atoms with Crippen LogP contribution in [0.2, 0.25) is 0 Å². The second kappa shape index (κ2) is 1.90. The lowest BCUT2D eigenvalue weighted by molar-refractivity contribution is -0.154. The molecule has 2 saturated carbocycles. The normalized spacial score (nSPS) is 49.7. The first kappa shape index (κ1) is 6.63. The summed E-state index contributed by atoms with van der Waals surface area (Å²) in [6, 6.07) is 0. The van der Waals surface area contributed by atoms with Crippen molar-refractivity contribution in [3.8, 4) is 0 Å². The SMILES string of the molecule is O=C1OC(=O)[C@H]2C3CCC(C3)C12. The lowest BCUT2D eigenvalue weighted by Crippen LogP contribution is -2.24. The van der Waals surface area contributed by atoms with E-state index in [9.17, 15) is 9.59 Å². The zero-order valence-electron chi connectivity index (χ0n) is 6.66. The molecule has 3 heteroatoms. The molecule has 1 heterocycles. The largest absolute Gasteiger partial charge is 0.393 e. The molecule has 2 aliphatic carbocycles. The van der Waals surface area contributed by atoms with Gasteiger partial charge in [0.2, 0.25) is 0 Å². The quantitative estimate of drug-likeness (QED) is 0.393. The predicted octanol–water partition coefficient (Wildman–Crippen LogP) is 0.732. The summed E-state index contributed by atoms with van der Waals surface area (Å²) in [6.07, 6.45) is 3.32. The Morgan fingerprint density at radius 3 is 2.00 bits per heavy atom. The first-order valence-electron chi connectivity index (χ1n) is 4.53. The Morgan fingerprint density at radius 1 is 1.00 bits per heavy atom. The smallest absolute Gasteiger partial charge is 0.317 e. The third kappa shape index (κ3) is 0.586. The molecule has 0 N–H and O–H groups in total. The minimum Gasteiger partial charge on any atom is -0.393 e. The van der Waals surface area contributed by atoms with E-state index in [1.165, 1.54) is 0 Å². The van der Waals surface area contributed by atoms with Crippen molar-refractivity contribution in [3.63, 3.8) is 0 Å². The molecule has 0 aromatic heterocycles. The number of hydrogen-bond donors (Lipinski definition) is 0. The van der Waals surface area contributed by atoms with Crippen LogP contribution in [0.5, 0.6) is 0 Å². The van der Waals surface area contributed by atoms with Gasteiger partial charge in [-0.05, 0) is 31.1 Å². The van der Waals surface area contributed by atoms with E-state index < -0.39 is 0 Å². The van der Waals surface area contributed by atoms with Crippen molar-refractivity contribution >= 4 is 11.9 Å². The third-order valence-corrected chi connectivity index (χ3v) is 3.66. The van der Waals surface area contributed by atoms with Crippen LogP contribution in [0.4, 0.5) is 0 Å². The van der Waals surface area contributed by atoms with E-state index in [0.29, 0.717) is 11.8 Å². The van der Waals surface area contributed by atoms with E-state index >= 15 is 0 Å². The van der Waals surface area contributed by atoms with Gasteiger partial charge in [-0.1, -0.05) is 0 Å². The van der Waals surface area contributed by atoms with Gasteiger partial charge in [0.25, 0.3) is 0 Å². The van der Waals surface area contributed by atoms with Crippen molar-refractivity contribution in [2.75, 3.05) is 0 Å². The van der Waals surface area contributed by atoms with Crippen LogP contribution >= 0.6 is 0 Å². The zero-order valence-corrected chi connectivity index (χ0v) is 6.66. The molecule has 1 saturated heterocycles. The summed E-state index contributed by atoms with van der Waals surface area (Å²) in [6.45, 7) is 0. The molecular formula is C9H10O3. The second-order valence-corrected chi connectivity index (χ2v) is 4.12. The van der Waals surface area contributed by atoms with Crippen molar-refractivity contribution in [3.05, 3.63) is 0 Å². The number of carbonyl (C=O) groups is 2. The van der Waals surface area contributed by atoms with Crippen LogP contribution in [0.15, 0.2) is 0 Å². The van der Waals surface area contributed by atoms with Gasteiger partial charge in [-0.25, -0.2) is 0 Å². The van der Waals surface area contributed by atoms with Crippen LogP contribution < -0.4 is 0 Å². The lowest BCUT2D eigenvalue weighted by atomic mass is 9.81. The summed E-state index contributed by atoms with van der Waals surface area (Å²) in [5.41, 5.74) is 0. The molecule has 0 radical (unpaired) electrons. The molecular weight excluding hydrogens is 156 g/mol. The monoisotopic (exact) mass is 166 g/mol. The average Bonchev–Trinajstić information content (AvgIpc) is 2.64. The maximum atomic E-state index is 11.2. The summed E-state index contributed by atoms with van der Waals surface area (Å²) in [5, 5.41) is 0. The number of fused-ring (bicyclic) bond motifs is 5. The van der Waals surface area contributed by atoms with Gasteiger partial charge in [-0.2, -0.15) is 0 Å². The van der Waals surface area contributed by atoms with Crippen molar-refractivity contribution in [1.29, 1.82) is 0 Å². The van der Waals surface area contributed by atoms with Crippen molar-refractivity contribution in [2.45, 2.75) is 19.3 Å². The van der Waals surface area contributed by atoms with Crippen molar-refractivity contribution in [2.24, 2.45) is 23.7 Å². The molecule has 3 rings (SSSR count). The summed E-state index contributed by atoms with van der Waals surface area (Å²) >= 11 is 0. The fourth-order valence-electron chi connectivity index (χ4n) is 3.20. The van der Waals surface area contributed by atoms with Gasteiger partial charge >= 0.3 is 11.9 Å². The van der Waals surface area contributed by atoms with Crippen LogP contribution in [-0.2, 0) is 14.3 Å². The fourth-order valence-corrected chi connectivity index (χ4v) is 3.20. The number of ether oxygens (including phenoxy) is 1. The Balaban J connectivity index is 2.03. The Labute approximate surface area is 70.1 Å². The van der Waals surface area contributed by atoms with Crippen LogP contribution in [0.25, 0.3) is 0 Å². The van der Waals surface area contributed by atoms with Gasteiger partial charge in [-0.3, -0.25) is 9.59 Å². The van der Waals surface area contributed by atoms with E-state index in [1.807, 2.05) is 0 Å². The molecule has 3 nitrogen and oxygen atoms in total. The van der Waals surface area contributed by atoms with E-state index in [2.05, 4.69) is 4.74 Å². The Kier molecular flexibility index (Phi) is 1.05. The summed E-state index contributed by atoms with van der Waals surface area (Å²) < 4.78 is 4.63. The number of cyclic esters (lactones) is 2. The molecule has 0 amide bonds. The van der Waals surface area contributed by atoms with Gasteiger partial charge in [0, 0.05) is 0 Å². The summed E-state index contributed by atoms with van der Waals surface area (Å²) in [5.74, 6) is 0.291. The standard InChI is InChI=1S/C9H10O3/c10-8-6-4-1-2-5(3-4)7(6)9(11)12-8/h4-7H,1-3H2/t4?,5?,6-,7?/m0/s1. The van der Waals surface area contributed by atoms with Crippen molar-refractivity contribution in [1.82, 2.24) is 0 Å². The van der Waals surface area contributed by atoms with Crippen LogP contribution in [0.3, 0.4) is 0 Å². The second-order valence-electron chi connectivity index (χ2n) is 4.12. The van der Waals surface area contributed by atoms with Crippen molar-refractivity contribution < 1.29 is 14.3 Å². The number of rotatable bonds is 0. The van der Waals surface area contributed by atoms with E-state index in [4.69, 9.17) is 0 Å². The zero-order chi connectivity index (χ0) is 8.29. The minimum atomic E-state index is -0.253. The number of hydrogen-bond acceptors (Lipinski definition) is 3. The fraction of sp³-hybridized carbons (Fsp3) is 0.778. The highest BCUT2D eigenvalue weighted by Crippen LogP contribution is 2.55. The van der Waals surface area contributed by atoms with Crippen LogP contribution in [-0.4, -0.2) is 11.9 Å². The summed E-state index contributed by atoms with van der Waals surface area (Å²) in [4.78, 5) is 22.4. The minimum absolute atomic E-state index is 0.0590. The molecule has 4 atom stereocenters. The molecule has 12 heavy (non-hydrogen) atoms. The first-order chi connectivity index (χ1) is 5.77. The molecule has 3 unspecified atom stereocenters. The first-order valence-corrected chi connectivity index (χ1v) is 4.53.